The van der Waals surface area contributed by atoms with Crippen LogP contribution in [0.2, 0.25) is 0 Å². The van der Waals surface area contributed by atoms with Crippen LogP contribution in [-0.2, 0) is 9.47 Å². The number of morpholine rings is 1. The lowest BCUT2D eigenvalue weighted by atomic mass is 9.44. The Labute approximate surface area is 174 Å². The molecule has 0 aromatic heterocycles. The van der Waals surface area contributed by atoms with Gasteiger partial charge in [0.15, 0.2) is 0 Å². The lowest BCUT2D eigenvalue weighted by Crippen LogP contribution is -2.81. The Morgan fingerprint density at radius 2 is 1.80 bits per heavy atom. The average molecular weight is 421 g/mol. The van der Waals surface area contributed by atoms with Crippen LogP contribution in [0.5, 0.6) is 0 Å². The molecule has 4 aliphatic rings. The Hall–Kier alpha value is -2.55. The standard InChI is InChI=1S/C21H28FN3O5/c1-19(2,3)30-18(28)24-21-10-20(11-21,12-21)23-15-9-14(22)16(8-13(15)17(26)27)25-4-6-29-7-5-25/h8-9,23H,4-7,10-12H2,1-3H3,(H,24,28)(H,26,27). The van der Waals surface area contributed by atoms with Crippen molar-refractivity contribution in [2.75, 3.05) is 36.5 Å². The Balaban J connectivity index is 1.44. The maximum absolute atomic E-state index is 14.8. The third-order valence-corrected chi connectivity index (χ3v) is 5.87. The molecule has 3 aliphatic carbocycles. The average Bonchev–Trinajstić information content (AvgIpc) is 2.57. The molecule has 1 aliphatic heterocycles. The fraction of sp³-hybridized carbons (Fsp3) is 0.619. The summed E-state index contributed by atoms with van der Waals surface area (Å²) < 4.78 is 25.4. The van der Waals surface area contributed by atoms with Crippen molar-refractivity contribution in [3.63, 3.8) is 0 Å². The normalized spacial score (nSPS) is 27.5. The number of rotatable bonds is 5. The molecule has 9 heteroatoms. The molecule has 30 heavy (non-hydrogen) atoms. The predicted octanol–water partition coefficient (Wildman–Crippen LogP) is 2.97. The number of alkyl carbamates (subject to hydrolysis) is 1. The molecule has 5 rings (SSSR count). The van der Waals surface area contributed by atoms with Crippen LogP contribution < -0.4 is 15.5 Å². The van der Waals surface area contributed by atoms with E-state index in [0.717, 1.165) is 0 Å². The largest absolute Gasteiger partial charge is 0.478 e. The van der Waals surface area contributed by atoms with E-state index in [1.807, 2.05) is 0 Å². The monoisotopic (exact) mass is 421 g/mol. The highest BCUT2D eigenvalue weighted by Gasteiger charge is 2.69. The lowest BCUT2D eigenvalue weighted by molar-refractivity contribution is -0.0658. The van der Waals surface area contributed by atoms with Crippen molar-refractivity contribution in [2.24, 2.45) is 0 Å². The zero-order valence-electron chi connectivity index (χ0n) is 17.5. The van der Waals surface area contributed by atoms with Gasteiger partial charge in [-0.3, -0.25) is 0 Å². The van der Waals surface area contributed by atoms with Gasteiger partial charge in [0.05, 0.1) is 35.7 Å². The van der Waals surface area contributed by atoms with Gasteiger partial charge in [-0.15, -0.1) is 0 Å². The first-order valence-corrected chi connectivity index (χ1v) is 10.2. The fourth-order valence-electron chi connectivity index (χ4n) is 4.75. The number of carboxylic acid groups (broad SMARTS) is 1. The van der Waals surface area contributed by atoms with Crippen molar-refractivity contribution in [1.82, 2.24) is 5.32 Å². The Bertz CT molecular complexity index is 856. The van der Waals surface area contributed by atoms with Gasteiger partial charge in [0, 0.05) is 24.7 Å². The minimum absolute atomic E-state index is 0.0387. The summed E-state index contributed by atoms with van der Waals surface area (Å²) >= 11 is 0. The molecular formula is C21H28FN3O5. The minimum atomic E-state index is -1.11. The van der Waals surface area contributed by atoms with Gasteiger partial charge in [0.2, 0.25) is 0 Å². The molecule has 3 N–H and O–H groups in total. The maximum Gasteiger partial charge on any atom is 0.408 e. The number of carbonyl (C=O) groups excluding carboxylic acids is 1. The zero-order valence-corrected chi connectivity index (χ0v) is 17.5. The number of ether oxygens (including phenoxy) is 2. The van der Waals surface area contributed by atoms with Gasteiger partial charge in [-0.2, -0.15) is 0 Å². The Kier molecular flexibility index (Phi) is 4.84. The zero-order chi connectivity index (χ0) is 21.7. The summed E-state index contributed by atoms with van der Waals surface area (Å²) in [6.07, 6.45) is 1.48. The summed E-state index contributed by atoms with van der Waals surface area (Å²) in [4.78, 5) is 25.7. The van der Waals surface area contributed by atoms with Crippen molar-refractivity contribution < 1.29 is 28.6 Å². The van der Waals surface area contributed by atoms with Gasteiger partial charge in [0.25, 0.3) is 0 Å². The highest BCUT2D eigenvalue weighted by Crippen LogP contribution is 2.62. The van der Waals surface area contributed by atoms with Crippen LogP contribution in [-0.4, -0.2) is 60.2 Å². The van der Waals surface area contributed by atoms with Gasteiger partial charge < -0.3 is 30.1 Å². The van der Waals surface area contributed by atoms with Crippen molar-refractivity contribution >= 4 is 23.4 Å². The van der Waals surface area contributed by atoms with E-state index in [1.54, 1.807) is 25.7 Å². The summed E-state index contributed by atoms with van der Waals surface area (Å²) in [6, 6.07) is 2.66. The molecule has 1 aromatic rings. The quantitative estimate of drug-likeness (QED) is 0.672. The number of anilines is 2. The molecule has 0 spiro atoms. The fourth-order valence-corrected chi connectivity index (χ4v) is 4.75. The molecule has 8 nitrogen and oxygen atoms in total. The van der Waals surface area contributed by atoms with Crippen LogP contribution in [0.3, 0.4) is 0 Å². The van der Waals surface area contributed by atoms with E-state index in [9.17, 15) is 19.1 Å². The second-order valence-electron chi connectivity index (χ2n) is 9.60. The second kappa shape index (κ2) is 7.01. The molecule has 1 heterocycles. The number of carbonyl (C=O) groups is 2. The van der Waals surface area contributed by atoms with Crippen LogP contribution in [0.1, 0.15) is 50.4 Å². The van der Waals surface area contributed by atoms with Gasteiger partial charge in [-0.05, 0) is 46.1 Å². The van der Waals surface area contributed by atoms with Crippen molar-refractivity contribution in [3.8, 4) is 0 Å². The summed E-state index contributed by atoms with van der Waals surface area (Å²) in [5.74, 6) is -1.57. The van der Waals surface area contributed by atoms with Crippen LogP contribution in [0, 0.1) is 5.82 Å². The van der Waals surface area contributed by atoms with Crippen molar-refractivity contribution in [2.45, 2.75) is 56.7 Å². The molecule has 0 atom stereocenters. The number of nitrogens with one attached hydrogen (secondary N) is 2. The third-order valence-electron chi connectivity index (χ3n) is 5.87. The van der Waals surface area contributed by atoms with Crippen LogP contribution in [0.25, 0.3) is 0 Å². The van der Waals surface area contributed by atoms with Crippen LogP contribution in [0.15, 0.2) is 12.1 Å². The predicted molar refractivity (Wildman–Crippen MR) is 109 cm³/mol. The van der Waals surface area contributed by atoms with E-state index in [4.69, 9.17) is 9.47 Å². The summed E-state index contributed by atoms with van der Waals surface area (Å²) in [5.41, 5.74) is -0.641. The van der Waals surface area contributed by atoms with Crippen LogP contribution >= 0.6 is 0 Å². The van der Waals surface area contributed by atoms with E-state index in [1.165, 1.54) is 12.1 Å². The first kappa shape index (κ1) is 20.7. The maximum atomic E-state index is 14.8. The molecule has 1 saturated heterocycles. The molecule has 0 unspecified atom stereocenters. The number of hydrogen-bond donors (Lipinski definition) is 3. The Morgan fingerprint density at radius 3 is 2.37 bits per heavy atom. The lowest BCUT2D eigenvalue weighted by Gasteiger charge is -2.70. The van der Waals surface area contributed by atoms with E-state index in [-0.39, 0.29) is 28.0 Å². The van der Waals surface area contributed by atoms with Gasteiger partial charge in [-0.1, -0.05) is 0 Å². The molecule has 1 aromatic carbocycles. The van der Waals surface area contributed by atoms with Gasteiger partial charge in [-0.25, -0.2) is 14.0 Å². The first-order chi connectivity index (χ1) is 14.0. The van der Waals surface area contributed by atoms with Crippen molar-refractivity contribution in [3.05, 3.63) is 23.5 Å². The smallest absolute Gasteiger partial charge is 0.408 e. The Morgan fingerprint density at radius 1 is 1.17 bits per heavy atom. The van der Waals surface area contributed by atoms with E-state index < -0.39 is 23.5 Å². The number of nitrogens with zero attached hydrogens (tertiary/aromatic N) is 1. The molecular weight excluding hydrogens is 393 g/mol. The van der Waals surface area contributed by atoms with E-state index >= 15 is 0 Å². The summed E-state index contributed by atoms with van der Waals surface area (Å²) in [6.45, 7) is 7.42. The number of hydrogen-bond acceptors (Lipinski definition) is 6. The van der Waals surface area contributed by atoms with Gasteiger partial charge >= 0.3 is 12.1 Å². The van der Waals surface area contributed by atoms with E-state index in [0.29, 0.717) is 45.6 Å². The number of carboxylic acids is 1. The number of benzene rings is 1. The van der Waals surface area contributed by atoms with Crippen molar-refractivity contribution in [1.29, 1.82) is 0 Å². The van der Waals surface area contributed by atoms with Crippen LogP contribution in [0.4, 0.5) is 20.6 Å². The summed E-state index contributed by atoms with van der Waals surface area (Å²) in [5, 5.41) is 15.8. The number of halogens is 1. The molecule has 2 bridgehead atoms. The van der Waals surface area contributed by atoms with Gasteiger partial charge in [0.1, 0.15) is 11.4 Å². The highest BCUT2D eigenvalue weighted by atomic mass is 19.1. The number of amides is 1. The molecule has 0 radical (unpaired) electrons. The number of aromatic carboxylic acids is 1. The third kappa shape index (κ3) is 3.90. The SMILES string of the molecule is CC(C)(C)OC(=O)NC12CC(Nc3cc(F)c(N4CCOCC4)cc3C(=O)O)(C1)C2. The van der Waals surface area contributed by atoms with E-state index in [2.05, 4.69) is 10.6 Å². The molecule has 164 valence electrons. The topological polar surface area (TPSA) is 100 Å². The summed E-state index contributed by atoms with van der Waals surface area (Å²) in [7, 11) is 0. The first-order valence-electron chi connectivity index (χ1n) is 10.2. The highest BCUT2D eigenvalue weighted by molar-refractivity contribution is 5.96. The molecule has 4 fully saturated rings. The second-order valence-corrected chi connectivity index (χ2v) is 9.60. The molecule has 1 amide bonds. The molecule has 3 saturated carbocycles. The minimum Gasteiger partial charge on any atom is -0.478 e.